The number of likely N-dealkylation sites (N-methyl/N-ethyl adjacent to an activating group) is 1. The molecule has 0 saturated carbocycles. The average molecular weight is 380 g/mol. The zero-order valence-corrected chi connectivity index (χ0v) is 15.8. The van der Waals surface area contributed by atoms with E-state index in [4.69, 9.17) is 9.47 Å². The largest absolute Gasteiger partial charge is 0.486 e. The third-order valence-electron chi connectivity index (χ3n) is 4.39. The van der Waals surface area contributed by atoms with Crippen LogP contribution >= 0.6 is 11.8 Å². The first-order valence-electron chi connectivity index (χ1n) is 8.80. The highest BCUT2D eigenvalue weighted by Gasteiger charge is 2.23. The molecule has 1 amide bonds. The fourth-order valence-electron chi connectivity index (χ4n) is 2.93. The van der Waals surface area contributed by atoms with Crippen LogP contribution in [0.2, 0.25) is 0 Å². The van der Waals surface area contributed by atoms with E-state index in [9.17, 15) is 4.79 Å². The van der Waals surface area contributed by atoms with Gasteiger partial charge in [-0.15, -0.1) is 0 Å². The van der Waals surface area contributed by atoms with E-state index in [-0.39, 0.29) is 12.0 Å². The molecule has 6 heteroatoms. The van der Waals surface area contributed by atoms with Gasteiger partial charge < -0.3 is 14.4 Å². The minimum absolute atomic E-state index is 0.0393. The number of thioether (sulfide) groups is 1. The topological polar surface area (TPSA) is 51.7 Å². The minimum atomic E-state index is -0.169. The number of para-hydroxylation sites is 3. The van der Waals surface area contributed by atoms with Gasteiger partial charge in [0, 0.05) is 12.4 Å². The van der Waals surface area contributed by atoms with Crippen LogP contribution in [0.5, 0.6) is 11.5 Å². The SMILES string of the molecule is CN(C[C@@H]1COc2ccccc2O1)C(=O)CSc1ccc2ccccc2n1. The lowest BCUT2D eigenvalue weighted by molar-refractivity contribution is -0.128. The van der Waals surface area contributed by atoms with Gasteiger partial charge in [-0.2, -0.15) is 0 Å². The number of carbonyl (C=O) groups excluding carboxylic acids is 1. The van der Waals surface area contributed by atoms with E-state index in [0.29, 0.717) is 18.9 Å². The quantitative estimate of drug-likeness (QED) is 0.633. The number of fused-ring (bicyclic) bond motifs is 2. The van der Waals surface area contributed by atoms with Gasteiger partial charge in [-0.25, -0.2) is 4.98 Å². The number of pyridine rings is 1. The van der Waals surface area contributed by atoms with Gasteiger partial charge in [0.25, 0.3) is 0 Å². The Balaban J connectivity index is 1.31. The van der Waals surface area contributed by atoms with Gasteiger partial charge in [-0.1, -0.05) is 48.2 Å². The first kappa shape index (κ1) is 17.7. The zero-order valence-electron chi connectivity index (χ0n) is 15.0. The van der Waals surface area contributed by atoms with Crippen molar-refractivity contribution in [3.63, 3.8) is 0 Å². The van der Waals surface area contributed by atoms with Crippen molar-refractivity contribution in [2.45, 2.75) is 11.1 Å². The minimum Gasteiger partial charge on any atom is -0.486 e. The number of amides is 1. The van der Waals surface area contributed by atoms with E-state index < -0.39 is 0 Å². The van der Waals surface area contributed by atoms with Crippen molar-refractivity contribution in [2.24, 2.45) is 0 Å². The molecule has 3 aromatic rings. The summed E-state index contributed by atoms with van der Waals surface area (Å²) in [6.45, 7) is 0.923. The number of nitrogens with zero attached hydrogens (tertiary/aromatic N) is 2. The highest BCUT2D eigenvalue weighted by Crippen LogP contribution is 2.31. The lowest BCUT2D eigenvalue weighted by Gasteiger charge is -2.29. The maximum absolute atomic E-state index is 12.5. The second-order valence-corrected chi connectivity index (χ2v) is 7.40. The molecule has 4 rings (SSSR count). The Morgan fingerprint density at radius 1 is 1.11 bits per heavy atom. The standard InChI is InChI=1S/C21H20N2O3S/c1-23(12-16-13-25-18-8-4-5-9-19(18)26-16)21(24)14-27-20-11-10-15-6-2-3-7-17(15)22-20/h2-11,16H,12-14H2,1H3/t16-/m1/s1. The first-order valence-corrected chi connectivity index (χ1v) is 9.78. The van der Waals surface area contributed by atoms with Crippen molar-refractivity contribution >= 4 is 28.6 Å². The number of carbonyl (C=O) groups is 1. The molecule has 2 aromatic carbocycles. The van der Waals surface area contributed by atoms with Crippen LogP contribution in [0.25, 0.3) is 10.9 Å². The van der Waals surface area contributed by atoms with Gasteiger partial charge in [-0.3, -0.25) is 4.79 Å². The second-order valence-electron chi connectivity index (χ2n) is 6.40. The summed E-state index contributed by atoms with van der Waals surface area (Å²) in [5.74, 6) is 1.86. The monoisotopic (exact) mass is 380 g/mol. The van der Waals surface area contributed by atoms with Crippen molar-refractivity contribution in [3.8, 4) is 11.5 Å². The van der Waals surface area contributed by atoms with Crippen LogP contribution in [-0.4, -0.2) is 47.8 Å². The van der Waals surface area contributed by atoms with Gasteiger partial charge in [-0.05, 0) is 24.3 Å². The van der Waals surface area contributed by atoms with Gasteiger partial charge in [0.15, 0.2) is 17.6 Å². The number of hydrogen-bond acceptors (Lipinski definition) is 5. The van der Waals surface area contributed by atoms with E-state index in [2.05, 4.69) is 4.98 Å². The van der Waals surface area contributed by atoms with Crippen molar-refractivity contribution in [1.29, 1.82) is 0 Å². The summed E-state index contributed by atoms with van der Waals surface area (Å²) >= 11 is 1.45. The molecule has 1 atom stereocenters. The Hall–Kier alpha value is -2.73. The molecule has 0 spiro atoms. The molecule has 0 aliphatic carbocycles. The van der Waals surface area contributed by atoms with E-state index in [1.807, 2.05) is 60.7 Å². The molecule has 0 fully saturated rings. The molecule has 0 N–H and O–H groups in total. The maximum atomic E-state index is 12.5. The van der Waals surface area contributed by atoms with Gasteiger partial charge in [0.1, 0.15) is 6.61 Å². The number of ether oxygens (including phenoxy) is 2. The molecule has 5 nitrogen and oxygen atoms in total. The molecule has 2 heterocycles. The Morgan fingerprint density at radius 2 is 1.89 bits per heavy atom. The number of rotatable bonds is 5. The fraction of sp³-hybridized carbons (Fsp3) is 0.238. The summed E-state index contributed by atoms with van der Waals surface area (Å²) < 4.78 is 11.6. The van der Waals surface area contributed by atoms with Crippen LogP contribution in [0, 0.1) is 0 Å². The summed E-state index contributed by atoms with van der Waals surface area (Å²) in [6.07, 6.45) is -0.169. The second kappa shape index (κ2) is 7.88. The lowest BCUT2D eigenvalue weighted by atomic mass is 10.2. The Morgan fingerprint density at radius 3 is 2.78 bits per heavy atom. The highest BCUT2D eigenvalue weighted by atomic mass is 32.2. The number of hydrogen-bond donors (Lipinski definition) is 0. The molecule has 0 radical (unpaired) electrons. The van der Waals surface area contributed by atoms with Gasteiger partial charge in [0.05, 0.1) is 22.8 Å². The Bertz CT molecular complexity index is 963. The van der Waals surface area contributed by atoms with E-state index in [1.54, 1.807) is 11.9 Å². The first-order chi connectivity index (χ1) is 13.2. The van der Waals surface area contributed by atoms with Crippen molar-refractivity contribution in [3.05, 3.63) is 60.7 Å². The lowest BCUT2D eigenvalue weighted by Crippen LogP contribution is -2.42. The molecular weight excluding hydrogens is 360 g/mol. The summed E-state index contributed by atoms with van der Waals surface area (Å²) in [5, 5.41) is 1.95. The van der Waals surface area contributed by atoms with Crippen molar-refractivity contribution < 1.29 is 14.3 Å². The summed E-state index contributed by atoms with van der Waals surface area (Å²) in [5.41, 5.74) is 0.940. The van der Waals surface area contributed by atoms with Crippen LogP contribution < -0.4 is 9.47 Å². The van der Waals surface area contributed by atoms with Crippen LogP contribution in [-0.2, 0) is 4.79 Å². The summed E-state index contributed by atoms with van der Waals surface area (Å²) in [6, 6.07) is 19.5. The van der Waals surface area contributed by atoms with Gasteiger partial charge in [0.2, 0.25) is 5.91 Å². The maximum Gasteiger partial charge on any atom is 0.232 e. The van der Waals surface area contributed by atoms with Crippen LogP contribution in [0.15, 0.2) is 65.7 Å². The van der Waals surface area contributed by atoms with Gasteiger partial charge >= 0.3 is 0 Å². The molecule has 1 aromatic heterocycles. The Labute approximate surface area is 162 Å². The summed E-state index contributed by atoms with van der Waals surface area (Å²) in [7, 11) is 1.79. The molecule has 1 aliphatic heterocycles. The predicted molar refractivity (Wildman–Crippen MR) is 106 cm³/mol. The van der Waals surface area contributed by atoms with Crippen LogP contribution in [0.3, 0.4) is 0 Å². The third kappa shape index (κ3) is 4.17. The smallest absolute Gasteiger partial charge is 0.232 e. The third-order valence-corrected chi connectivity index (χ3v) is 5.30. The molecule has 0 saturated heterocycles. The highest BCUT2D eigenvalue weighted by molar-refractivity contribution is 7.99. The predicted octanol–water partition coefficient (Wildman–Crippen LogP) is 3.63. The molecular formula is C21H20N2O3S. The zero-order chi connectivity index (χ0) is 18.6. The van der Waals surface area contributed by atoms with Crippen molar-refractivity contribution in [1.82, 2.24) is 9.88 Å². The molecule has 0 bridgehead atoms. The fourth-order valence-corrected chi connectivity index (χ4v) is 3.75. The molecule has 138 valence electrons. The number of benzene rings is 2. The van der Waals surface area contributed by atoms with Crippen molar-refractivity contribution in [2.75, 3.05) is 26.0 Å². The van der Waals surface area contributed by atoms with E-state index in [0.717, 1.165) is 27.4 Å². The van der Waals surface area contributed by atoms with Crippen LogP contribution in [0.1, 0.15) is 0 Å². The molecule has 0 unspecified atom stereocenters. The summed E-state index contributed by atoms with van der Waals surface area (Å²) in [4.78, 5) is 18.8. The average Bonchev–Trinajstić information content (AvgIpc) is 2.71. The molecule has 1 aliphatic rings. The van der Waals surface area contributed by atoms with E-state index >= 15 is 0 Å². The molecule has 27 heavy (non-hydrogen) atoms. The van der Waals surface area contributed by atoms with Crippen LogP contribution in [0.4, 0.5) is 0 Å². The van der Waals surface area contributed by atoms with E-state index in [1.165, 1.54) is 11.8 Å². The number of aromatic nitrogens is 1. The normalized spacial score (nSPS) is 15.5. The Kier molecular flexibility index (Phi) is 5.16.